The van der Waals surface area contributed by atoms with Gasteiger partial charge in [-0.2, -0.15) is 0 Å². The first kappa shape index (κ1) is 14.9. The molecule has 1 aromatic carbocycles. The highest BCUT2D eigenvalue weighted by Gasteiger charge is 2.33. The Morgan fingerprint density at radius 1 is 1.10 bits per heavy atom. The first-order valence-electron chi connectivity index (χ1n) is 8.02. The Bertz CT molecular complexity index is 459. The lowest BCUT2D eigenvalue weighted by molar-refractivity contribution is 0.00163. The maximum Gasteiger partial charge on any atom is 0.0844 e. The van der Waals surface area contributed by atoms with Crippen molar-refractivity contribution < 1.29 is 4.74 Å². The van der Waals surface area contributed by atoms with Crippen LogP contribution in [0.25, 0.3) is 0 Å². The molecule has 0 bridgehead atoms. The molecule has 4 heteroatoms. The molecule has 0 aromatic heterocycles. The Hall–Kier alpha value is -0.970. The Kier molecular flexibility index (Phi) is 5.22. The van der Waals surface area contributed by atoms with Crippen molar-refractivity contribution in [1.82, 2.24) is 4.90 Å². The van der Waals surface area contributed by atoms with Crippen molar-refractivity contribution in [3.8, 4) is 0 Å². The minimum absolute atomic E-state index is 0.479. The van der Waals surface area contributed by atoms with Gasteiger partial charge in [0.2, 0.25) is 0 Å². The minimum atomic E-state index is 0.479. The highest BCUT2D eigenvalue weighted by molar-refractivity contribution is 7.80. The highest BCUT2D eigenvalue weighted by Crippen LogP contribution is 2.30. The van der Waals surface area contributed by atoms with Gasteiger partial charge in [0, 0.05) is 30.7 Å². The molecule has 1 saturated heterocycles. The Labute approximate surface area is 132 Å². The van der Waals surface area contributed by atoms with E-state index < -0.39 is 0 Å². The Morgan fingerprint density at radius 2 is 1.81 bits per heavy atom. The van der Waals surface area contributed by atoms with E-state index in [0.29, 0.717) is 12.0 Å². The molecule has 2 aliphatic rings. The van der Waals surface area contributed by atoms with Crippen molar-refractivity contribution in [2.24, 2.45) is 5.92 Å². The zero-order valence-corrected chi connectivity index (χ0v) is 13.3. The smallest absolute Gasteiger partial charge is 0.0844 e. The SMILES string of the molecule is S=C(Nc1ccccc1)[C@H]1CCCC[C@H]1N1CCOCC1. The van der Waals surface area contributed by atoms with Crippen LogP contribution < -0.4 is 5.32 Å². The number of hydrogen-bond acceptors (Lipinski definition) is 3. The first-order valence-corrected chi connectivity index (χ1v) is 8.43. The Morgan fingerprint density at radius 3 is 2.57 bits per heavy atom. The molecule has 1 aromatic rings. The van der Waals surface area contributed by atoms with E-state index in [0.717, 1.165) is 37.0 Å². The molecular formula is C17H24N2OS. The molecule has 3 nitrogen and oxygen atoms in total. The molecule has 0 amide bonds. The van der Waals surface area contributed by atoms with E-state index in [1.54, 1.807) is 0 Å². The van der Waals surface area contributed by atoms with Crippen LogP contribution in [0.5, 0.6) is 0 Å². The summed E-state index contributed by atoms with van der Waals surface area (Å²) in [5.74, 6) is 0.479. The van der Waals surface area contributed by atoms with Crippen LogP contribution in [0.3, 0.4) is 0 Å². The van der Waals surface area contributed by atoms with Gasteiger partial charge in [0.15, 0.2) is 0 Å². The third-order valence-electron chi connectivity index (χ3n) is 4.62. The van der Waals surface area contributed by atoms with Crippen molar-refractivity contribution in [2.45, 2.75) is 31.7 Å². The van der Waals surface area contributed by atoms with E-state index in [1.165, 1.54) is 25.7 Å². The second kappa shape index (κ2) is 7.34. The topological polar surface area (TPSA) is 24.5 Å². The molecule has 2 fully saturated rings. The van der Waals surface area contributed by atoms with Crippen LogP contribution in [0, 0.1) is 5.92 Å². The van der Waals surface area contributed by atoms with Crippen LogP contribution in [0.15, 0.2) is 30.3 Å². The fourth-order valence-corrected chi connectivity index (χ4v) is 3.91. The molecule has 114 valence electrons. The molecule has 0 unspecified atom stereocenters. The van der Waals surface area contributed by atoms with Crippen LogP contribution >= 0.6 is 12.2 Å². The van der Waals surface area contributed by atoms with E-state index in [2.05, 4.69) is 22.3 Å². The number of nitrogens with one attached hydrogen (secondary N) is 1. The summed E-state index contributed by atoms with van der Waals surface area (Å²) in [6.45, 7) is 3.83. The molecule has 1 saturated carbocycles. The normalized spacial score (nSPS) is 27.2. The van der Waals surface area contributed by atoms with Crippen molar-refractivity contribution in [1.29, 1.82) is 0 Å². The van der Waals surface area contributed by atoms with Crippen molar-refractivity contribution >= 4 is 22.9 Å². The summed E-state index contributed by atoms with van der Waals surface area (Å²) >= 11 is 5.73. The summed E-state index contributed by atoms with van der Waals surface area (Å²) < 4.78 is 5.49. The maximum atomic E-state index is 5.73. The zero-order valence-electron chi connectivity index (χ0n) is 12.5. The molecule has 0 radical (unpaired) electrons. The number of ether oxygens (including phenoxy) is 1. The third kappa shape index (κ3) is 3.82. The minimum Gasteiger partial charge on any atom is -0.379 e. The number of anilines is 1. The van der Waals surface area contributed by atoms with Crippen molar-refractivity contribution in [2.75, 3.05) is 31.6 Å². The lowest BCUT2D eigenvalue weighted by atomic mass is 9.83. The van der Waals surface area contributed by atoms with Gasteiger partial charge in [-0.05, 0) is 25.0 Å². The number of rotatable bonds is 3. The zero-order chi connectivity index (χ0) is 14.5. The van der Waals surface area contributed by atoms with Gasteiger partial charge in [0.1, 0.15) is 0 Å². The fourth-order valence-electron chi connectivity index (χ4n) is 3.52. The number of thiocarbonyl (C=S) groups is 1. The van der Waals surface area contributed by atoms with Gasteiger partial charge in [-0.15, -0.1) is 0 Å². The fraction of sp³-hybridized carbons (Fsp3) is 0.588. The third-order valence-corrected chi connectivity index (χ3v) is 5.03. The van der Waals surface area contributed by atoms with E-state index in [4.69, 9.17) is 17.0 Å². The first-order chi connectivity index (χ1) is 10.3. The molecule has 1 aliphatic carbocycles. The summed E-state index contributed by atoms with van der Waals surface area (Å²) in [7, 11) is 0. The summed E-state index contributed by atoms with van der Waals surface area (Å²) in [4.78, 5) is 3.60. The largest absolute Gasteiger partial charge is 0.379 e. The molecule has 2 atom stereocenters. The number of para-hydroxylation sites is 1. The van der Waals surface area contributed by atoms with Crippen molar-refractivity contribution in [3.05, 3.63) is 30.3 Å². The lowest BCUT2D eigenvalue weighted by Crippen LogP contribution is -2.50. The monoisotopic (exact) mass is 304 g/mol. The van der Waals surface area contributed by atoms with Gasteiger partial charge in [-0.3, -0.25) is 4.90 Å². The van der Waals surface area contributed by atoms with Crippen LogP contribution in [0.4, 0.5) is 5.69 Å². The predicted octanol–water partition coefficient (Wildman–Crippen LogP) is 3.32. The summed E-state index contributed by atoms with van der Waals surface area (Å²) in [6, 6.07) is 10.9. The standard InChI is InChI=1S/C17H24N2OS/c21-17(18-14-6-2-1-3-7-14)15-8-4-5-9-16(15)19-10-12-20-13-11-19/h1-3,6-7,15-16H,4-5,8-13H2,(H,18,21)/t15-,16+/m0/s1. The second-order valence-electron chi connectivity index (χ2n) is 5.96. The predicted molar refractivity (Wildman–Crippen MR) is 90.8 cm³/mol. The lowest BCUT2D eigenvalue weighted by Gasteiger charge is -2.42. The number of nitrogens with zero attached hydrogens (tertiary/aromatic N) is 1. The average Bonchev–Trinajstić information content (AvgIpc) is 2.56. The average molecular weight is 304 g/mol. The van der Waals surface area contributed by atoms with Gasteiger partial charge >= 0.3 is 0 Å². The van der Waals surface area contributed by atoms with Crippen LogP contribution in [-0.4, -0.2) is 42.2 Å². The highest BCUT2D eigenvalue weighted by atomic mass is 32.1. The molecule has 0 spiro atoms. The molecular weight excluding hydrogens is 280 g/mol. The second-order valence-corrected chi connectivity index (χ2v) is 6.40. The van der Waals surface area contributed by atoms with E-state index in [-0.39, 0.29) is 0 Å². The number of benzene rings is 1. The van der Waals surface area contributed by atoms with Gasteiger partial charge in [0.05, 0.1) is 18.2 Å². The van der Waals surface area contributed by atoms with E-state index >= 15 is 0 Å². The van der Waals surface area contributed by atoms with Crippen LogP contribution in [-0.2, 0) is 4.74 Å². The number of hydrogen-bond donors (Lipinski definition) is 1. The Balaban J connectivity index is 1.66. The molecule has 3 rings (SSSR count). The van der Waals surface area contributed by atoms with E-state index in [1.807, 2.05) is 18.2 Å². The molecule has 1 N–H and O–H groups in total. The molecule has 21 heavy (non-hydrogen) atoms. The molecule has 1 heterocycles. The van der Waals surface area contributed by atoms with Gasteiger partial charge < -0.3 is 10.1 Å². The van der Waals surface area contributed by atoms with Crippen molar-refractivity contribution in [3.63, 3.8) is 0 Å². The van der Waals surface area contributed by atoms with Gasteiger partial charge in [-0.25, -0.2) is 0 Å². The van der Waals surface area contributed by atoms with Gasteiger partial charge in [-0.1, -0.05) is 43.3 Å². The summed E-state index contributed by atoms with van der Waals surface area (Å²) in [5.41, 5.74) is 1.11. The number of morpholine rings is 1. The summed E-state index contributed by atoms with van der Waals surface area (Å²) in [6.07, 6.45) is 5.09. The maximum absolute atomic E-state index is 5.73. The van der Waals surface area contributed by atoms with E-state index in [9.17, 15) is 0 Å². The molecule has 1 aliphatic heterocycles. The van der Waals surface area contributed by atoms with Crippen LogP contribution in [0.1, 0.15) is 25.7 Å². The van der Waals surface area contributed by atoms with Gasteiger partial charge in [0.25, 0.3) is 0 Å². The summed E-state index contributed by atoms with van der Waals surface area (Å²) in [5, 5.41) is 3.45. The quantitative estimate of drug-likeness (QED) is 0.866. The van der Waals surface area contributed by atoms with Crippen LogP contribution in [0.2, 0.25) is 0 Å².